The van der Waals surface area contributed by atoms with E-state index in [1.807, 2.05) is 0 Å². The molecule has 3 atom stereocenters. The molecule has 0 amide bonds. The van der Waals surface area contributed by atoms with Crippen LogP contribution in [0.3, 0.4) is 0 Å². The molecule has 0 radical (unpaired) electrons. The van der Waals surface area contributed by atoms with E-state index in [0.29, 0.717) is 6.04 Å². The second kappa shape index (κ2) is 5.66. The number of fused-ring (bicyclic) bond motifs is 1. The number of rotatable bonds is 3. The first-order chi connectivity index (χ1) is 9.28. The molecular weight excluding hydrogens is 230 g/mol. The van der Waals surface area contributed by atoms with Crippen molar-refractivity contribution < 1.29 is 0 Å². The molecule has 1 nitrogen and oxygen atoms in total. The van der Waals surface area contributed by atoms with Crippen molar-refractivity contribution in [3.8, 4) is 0 Å². The van der Waals surface area contributed by atoms with Crippen LogP contribution in [-0.2, 0) is 6.42 Å². The van der Waals surface area contributed by atoms with Gasteiger partial charge in [0.15, 0.2) is 0 Å². The van der Waals surface area contributed by atoms with E-state index in [2.05, 4.69) is 37.4 Å². The minimum Gasteiger partial charge on any atom is -0.307 e. The van der Waals surface area contributed by atoms with Crippen LogP contribution in [0.4, 0.5) is 0 Å². The third kappa shape index (κ3) is 2.72. The molecule has 1 heteroatoms. The first-order valence-electron chi connectivity index (χ1n) is 8.13. The molecule has 3 unspecified atom stereocenters. The Morgan fingerprint density at radius 2 is 2.00 bits per heavy atom. The Morgan fingerprint density at radius 1 is 1.16 bits per heavy atom. The second-order valence-corrected chi connectivity index (χ2v) is 6.52. The van der Waals surface area contributed by atoms with E-state index >= 15 is 0 Å². The Hall–Kier alpha value is -0.820. The largest absolute Gasteiger partial charge is 0.307 e. The Labute approximate surface area is 117 Å². The molecule has 1 saturated carbocycles. The van der Waals surface area contributed by atoms with Gasteiger partial charge in [0.2, 0.25) is 0 Å². The lowest BCUT2D eigenvalue weighted by molar-refractivity contribution is 0.236. The maximum atomic E-state index is 4.00. The topological polar surface area (TPSA) is 12.0 Å². The lowest BCUT2D eigenvalue weighted by Crippen LogP contribution is -2.39. The van der Waals surface area contributed by atoms with E-state index in [9.17, 15) is 0 Å². The van der Waals surface area contributed by atoms with Crippen molar-refractivity contribution in [2.75, 3.05) is 0 Å². The predicted molar refractivity (Wildman–Crippen MR) is 81.4 cm³/mol. The van der Waals surface area contributed by atoms with E-state index in [1.165, 1.54) is 50.5 Å². The van der Waals surface area contributed by atoms with Crippen LogP contribution in [0.15, 0.2) is 18.2 Å². The maximum Gasteiger partial charge on any atom is 0.0328 e. The van der Waals surface area contributed by atoms with Gasteiger partial charge in [0, 0.05) is 12.1 Å². The highest BCUT2D eigenvalue weighted by atomic mass is 15.0. The maximum absolute atomic E-state index is 4.00. The highest BCUT2D eigenvalue weighted by molar-refractivity contribution is 5.37. The standard InChI is InChI=1S/C18H27N/c1-3-14-6-4-5-7-17(14)19-18-11-10-15-9-8-13(2)12-16(15)18/h8-9,12,14,17-19H,3-7,10-11H2,1-2H3. The zero-order valence-electron chi connectivity index (χ0n) is 12.4. The normalized spacial score (nSPS) is 30.3. The van der Waals surface area contributed by atoms with Gasteiger partial charge in [0.05, 0.1) is 0 Å². The van der Waals surface area contributed by atoms with Gasteiger partial charge in [-0.05, 0) is 49.7 Å². The summed E-state index contributed by atoms with van der Waals surface area (Å²) >= 11 is 0. The summed E-state index contributed by atoms with van der Waals surface area (Å²) in [5.74, 6) is 0.905. The molecule has 0 heterocycles. The monoisotopic (exact) mass is 257 g/mol. The number of hydrogen-bond acceptors (Lipinski definition) is 1. The van der Waals surface area contributed by atoms with Crippen molar-refractivity contribution in [1.29, 1.82) is 0 Å². The zero-order chi connectivity index (χ0) is 13.2. The average Bonchev–Trinajstić information content (AvgIpc) is 2.82. The van der Waals surface area contributed by atoms with Gasteiger partial charge in [-0.3, -0.25) is 0 Å². The van der Waals surface area contributed by atoms with Crippen molar-refractivity contribution >= 4 is 0 Å². The van der Waals surface area contributed by atoms with Crippen molar-refractivity contribution in [3.05, 3.63) is 34.9 Å². The van der Waals surface area contributed by atoms with Crippen LogP contribution >= 0.6 is 0 Å². The molecule has 1 fully saturated rings. The fraction of sp³-hybridized carbons (Fsp3) is 0.667. The van der Waals surface area contributed by atoms with Crippen LogP contribution in [0.25, 0.3) is 0 Å². The third-order valence-electron chi connectivity index (χ3n) is 5.23. The first-order valence-corrected chi connectivity index (χ1v) is 8.13. The Kier molecular flexibility index (Phi) is 3.93. The third-order valence-corrected chi connectivity index (χ3v) is 5.23. The van der Waals surface area contributed by atoms with Crippen LogP contribution in [0.1, 0.15) is 68.2 Å². The summed E-state index contributed by atoms with van der Waals surface area (Å²) in [6.07, 6.45) is 9.57. The SMILES string of the molecule is CCC1CCCCC1NC1CCc2ccc(C)cc21. The predicted octanol–water partition coefficient (Wildman–Crippen LogP) is 4.54. The van der Waals surface area contributed by atoms with E-state index in [4.69, 9.17) is 0 Å². The van der Waals surface area contributed by atoms with Crippen LogP contribution in [0.5, 0.6) is 0 Å². The summed E-state index contributed by atoms with van der Waals surface area (Å²) in [5.41, 5.74) is 4.57. The summed E-state index contributed by atoms with van der Waals surface area (Å²) < 4.78 is 0. The minimum atomic E-state index is 0.618. The van der Waals surface area contributed by atoms with Crippen LogP contribution < -0.4 is 5.32 Å². The first kappa shape index (κ1) is 13.2. The quantitative estimate of drug-likeness (QED) is 0.838. The van der Waals surface area contributed by atoms with Gasteiger partial charge in [-0.15, -0.1) is 0 Å². The van der Waals surface area contributed by atoms with Gasteiger partial charge in [-0.1, -0.05) is 49.9 Å². The van der Waals surface area contributed by atoms with Gasteiger partial charge >= 0.3 is 0 Å². The average molecular weight is 257 g/mol. The summed E-state index contributed by atoms with van der Waals surface area (Å²) in [6, 6.07) is 8.38. The van der Waals surface area contributed by atoms with E-state index in [-0.39, 0.29) is 0 Å². The molecule has 0 aliphatic heterocycles. The molecule has 1 aromatic carbocycles. The van der Waals surface area contributed by atoms with Gasteiger partial charge in [-0.25, -0.2) is 0 Å². The summed E-state index contributed by atoms with van der Waals surface area (Å²) in [7, 11) is 0. The van der Waals surface area contributed by atoms with E-state index in [1.54, 1.807) is 11.1 Å². The number of hydrogen-bond donors (Lipinski definition) is 1. The highest BCUT2D eigenvalue weighted by Crippen LogP contribution is 2.35. The number of nitrogens with one attached hydrogen (secondary N) is 1. The van der Waals surface area contributed by atoms with Crippen molar-refractivity contribution in [2.45, 2.75) is 70.9 Å². The van der Waals surface area contributed by atoms with Crippen LogP contribution in [0, 0.1) is 12.8 Å². The Morgan fingerprint density at radius 3 is 2.84 bits per heavy atom. The van der Waals surface area contributed by atoms with Gasteiger partial charge in [0.1, 0.15) is 0 Å². The molecule has 0 spiro atoms. The number of benzene rings is 1. The van der Waals surface area contributed by atoms with Gasteiger partial charge < -0.3 is 5.32 Å². The smallest absolute Gasteiger partial charge is 0.0328 e. The van der Waals surface area contributed by atoms with Crippen molar-refractivity contribution in [1.82, 2.24) is 5.32 Å². The highest BCUT2D eigenvalue weighted by Gasteiger charge is 2.29. The molecule has 2 aliphatic carbocycles. The van der Waals surface area contributed by atoms with Crippen LogP contribution in [0.2, 0.25) is 0 Å². The zero-order valence-corrected chi connectivity index (χ0v) is 12.4. The van der Waals surface area contributed by atoms with Gasteiger partial charge in [-0.2, -0.15) is 0 Å². The molecule has 0 bridgehead atoms. The lowest BCUT2D eigenvalue weighted by Gasteiger charge is -2.34. The fourth-order valence-electron chi connectivity index (χ4n) is 4.07. The molecule has 2 aliphatic rings. The minimum absolute atomic E-state index is 0.618. The Bertz CT molecular complexity index is 437. The lowest BCUT2D eigenvalue weighted by atomic mass is 9.82. The molecule has 0 aromatic heterocycles. The Balaban J connectivity index is 1.73. The van der Waals surface area contributed by atoms with E-state index < -0.39 is 0 Å². The number of aryl methyl sites for hydroxylation is 2. The molecule has 1 N–H and O–H groups in total. The second-order valence-electron chi connectivity index (χ2n) is 6.52. The summed E-state index contributed by atoms with van der Waals surface area (Å²) in [6.45, 7) is 4.57. The van der Waals surface area contributed by atoms with Crippen LogP contribution in [-0.4, -0.2) is 6.04 Å². The summed E-state index contributed by atoms with van der Waals surface area (Å²) in [5, 5.41) is 4.00. The van der Waals surface area contributed by atoms with Crippen molar-refractivity contribution in [3.63, 3.8) is 0 Å². The molecule has 3 rings (SSSR count). The molecule has 19 heavy (non-hydrogen) atoms. The molecule has 104 valence electrons. The molecule has 1 aromatic rings. The summed E-state index contributed by atoms with van der Waals surface area (Å²) in [4.78, 5) is 0. The molecule has 0 saturated heterocycles. The van der Waals surface area contributed by atoms with Gasteiger partial charge in [0.25, 0.3) is 0 Å². The molecular formula is C18H27N. The van der Waals surface area contributed by atoms with Crippen molar-refractivity contribution in [2.24, 2.45) is 5.92 Å². The van der Waals surface area contributed by atoms with E-state index in [0.717, 1.165) is 12.0 Å². The fourth-order valence-corrected chi connectivity index (χ4v) is 4.07.